The molecule has 0 saturated heterocycles. The Bertz CT molecular complexity index is 2030. The molecule has 0 spiro atoms. The Hall–Kier alpha value is -6.48. The van der Waals surface area contributed by atoms with Crippen molar-refractivity contribution in [1.29, 1.82) is 10.5 Å². The van der Waals surface area contributed by atoms with E-state index in [1.165, 1.54) is 48.3 Å². The summed E-state index contributed by atoms with van der Waals surface area (Å²) in [5, 5.41) is 18.1. The van der Waals surface area contributed by atoms with E-state index < -0.39 is 0 Å². The highest BCUT2D eigenvalue weighted by Crippen LogP contribution is 2.36. The van der Waals surface area contributed by atoms with E-state index >= 15 is 0 Å². The van der Waals surface area contributed by atoms with Gasteiger partial charge >= 0.3 is 0 Å². The summed E-state index contributed by atoms with van der Waals surface area (Å²) in [5.74, 6) is 2.59. The van der Waals surface area contributed by atoms with E-state index in [1.807, 2.05) is 80.6 Å². The number of hydrogen-bond donors (Lipinski definition) is 0. The lowest BCUT2D eigenvalue weighted by molar-refractivity contribution is 0.318. The van der Waals surface area contributed by atoms with Gasteiger partial charge in [-0.25, -0.2) is 20.2 Å². The number of anilines is 2. The van der Waals surface area contributed by atoms with E-state index in [4.69, 9.17) is 33.1 Å². The van der Waals surface area contributed by atoms with E-state index in [2.05, 4.69) is 32.8 Å². The molecule has 0 N–H and O–H groups in total. The summed E-state index contributed by atoms with van der Waals surface area (Å²) in [4.78, 5) is 11.1. The molecule has 8 nitrogen and oxygen atoms in total. The van der Waals surface area contributed by atoms with Crippen molar-refractivity contribution >= 4 is 23.5 Å². The quantitative estimate of drug-likeness (QED) is 0.235. The molecule has 0 amide bonds. The standard InChI is InChI=1S/C23H21N3O.C19H17N3O/c1-16-11-20(22(15-24)25-2)14-21(27-16)8-7-17-12-18-5-3-9-26-10-4-6-19(13-17)23(18)26;1-14-11-16(19(13-20)21-2)12-18(23-14)10-7-15-5-8-17(9-6-15)22(3)4/h7-8,11-14H,3-6,9-10H2,1H3;5-12H,1,3-4H3/b8-7+,22-20-;10-7+,19-16+. The fourth-order valence-corrected chi connectivity index (χ4v) is 6.23. The Labute approximate surface area is 295 Å². The van der Waals surface area contributed by atoms with Crippen molar-refractivity contribution in [2.45, 2.75) is 39.5 Å². The molecule has 0 unspecified atom stereocenters. The Kier molecular flexibility index (Phi) is 11.2. The second-order valence-electron chi connectivity index (χ2n) is 12.4. The van der Waals surface area contributed by atoms with Gasteiger partial charge in [0.15, 0.2) is 0 Å². The SMILES string of the molecule is [C-]#[N+]/C(C#N)=C1/C=C(C)OC(/C=C/c2cc3c4c(c2)CCCN4CCC3)=C1.[C-]#[N+]/C(C#N)=C1\C=C(C)OC(/C=C/c2ccc(N(C)C)cc2)=C1. The smallest absolute Gasteiger partial charge is 0.269 e. The molecule has 0 bridgehead atoms. The van der Waals surface area contributed by atoms with Crippen LogP contribution in [0.2, 0.25) is 0 Å². The third-order valence-corrected chi connectivity index (χ3v) is 8.50. The average Bonchev–Trinajstić information content (AvgIpc) is 3.11. The first-order valence-corrected chi connectivity index (χ1v) is 16.4. The van der Waals surface area contributed by atoms with E-state index in [-0.39, 0.29) is 11.4 Å². The fraction of sp³-hybridized carbons (Fsp3) is 0.238. The molecule has 0 aliphatic carbocycles. The first-order valence-electron chi connectivity index (χ1n) is 16.4. The molecule has 0 fully saturated rings. The van der Waals surface area contributed by atoms with Crippen LogP contribution in [0, 0.1) is 35.8 Å². The molecule has 4 aliphatic rings. The zero-order valence-corrected chi connectivity index (χ0v) is 28.8. The van der Waals surface area contributed by atoms with Crippen LogP contribution in [-0.2, 0) is 22.3 Å². The number of nitriles is 2. The minimum absolute atomic E-state index is 0.0638. The number of allylic oxidation sites excluding steroid dienone is 12. The lowest BCUT2D eigenvalue weighted by Crippen LogP contribution is -2.34. The predicted molar refractivity (Wildman–Crippen MR) is 198 cm³/mol. The van der Waals surface area contributed by atoms with Gasteiger partial charge in [0, 0.05) is 38.6 Å². The lowest BCUT2D eigenvalue weighted by Gasteiger charge is -2.37. The van der Waals surface area contributed by atoms with Crippen LogP contribution in [0.25, 0.3) is 21.8 Å². The molecule has 0 radical (unpaired) electrons. The first kappa shape index (κ1) is 34.8. The van der Waals surface area contributed by atoms with Crippen LogP contribution in [-0.4, -0.2) is 27.2 Å². The molecule has 248 valence electrons. The lowest BCUT2D eigenvalue weighted by atomic mass is 9.90. The van der Waals surface area contributed by atoms with Crippen molar-refractivity contribution < 1.29 is 9.47 Å². The summed E-state index contributed by atoms with van der Waals surface area (Å²) in [6, 6.07) is 16.6. The van der Waals surface area contributed by atoms with Crippen LogP contribution in [0.4, 0.5) is 11.4 Å². The molecule has 50 heavy (non-hydrogen) atoms. The maximum atomic E-state index is 9.11. The third-order valence-electron chi connectivity index (χ3n) is 8.50. The molecule has 2 aromatic rings. The van der Waals surface area contributed by atoms with Crippen LogP contribution >= 0.6 is 0 Å². The van der Waals surface area contributed by atoms with Gasteiger partial charge in [-0.2, -0.15) is 0 Å². The maximum absolute atomic E-state index is 9.11. The average molecular weight is 659 g/mol. The normalized spacial score (nSPS) is 18.1. The Morgan fingerprint density at radius 1 is 0.740 bits per heavy atom. The van der Waals surface area contributed by atoms with Crippen LogP contribution < -0.4 is 9.80 Å². The van der Waals surface area contributed by atoms with Gasteiger partial charge < -0.3 is 19.3 Å². The van der Waals surface area contributed by atoms with Crippen molar-refractivity contribution in [2.75, 3.05) is 37.0 Å². The highest BCUT2D eigenvalue weighted by atomic mass is 16.5. The Morgan fingerprint density at radius 3 is 1.66 bits per heavy atom. The van der Waals surface area contributed by atoms with Gasteiger partial charge in [0.05, 0.1) is 25.3 Å². The van der Waals surface area contributed by atoms with Crippen molar-refractivity contribution in [3.8, 4) is 12.1 Å². The van der Waals surface area contributed by atoms with Crippen molar-refractivity contribution in [1.82, 2.24) is 0 Å². The third kappa shape index (κ3) is 8.51. The van der Waals surface area contributed by atoms with Crippen molar-refractivity contribution in [3.05, 3.63) is 164 Å². The van der Waals surface area contributed by atoms with E-state index in [1.54, 1.807) is 31.2 Å². The topological polar surface area (TPSA) is 81.2 Å². The molecular weight excluding hydrogens is 621 g/mol. The van der Waals surface area contributed by atoms with E-state index in [0.29, 0.717) is 34.2 Å². The van der Waals surface area contributed by atoms with Gasteiger partial charge in [-0.3, -0.25) is 0 Å². The summed E-state index contributed by atoms with van der Waals surface area (Å²) < 4.78 is 11.4. The number of benzene rings is 2. The van der Waals surface area contributed by atoms with E-state index in [9.17, 15) is 0 Å². The summed E-state index contributed by atoms with van der Waals surface area (Å²) >= 11 is 0. The molecule has 4 heterocycles. The first-order chi connectivity index (χ1) is 24.2. The van der Waals surface area contributed by atoms with Crippen LogP contribution in [0.1, 0.15) is 48.9 Å². The monoisotopic (exact) mass is 658 g/mol. The molecule has 8 heteroatoms. The number of nitrogens with zero attached hydrogens (tertiary/aromatic N) is 6. The molecule has 6 rings (SSSR count). The largest absolute Gasteiger partial charge is 0.462 e. The van der Waals surface area contributed by atoms with Crippen LogP contribution in [0.5, 0.6) is 0 Å². The second-order valence-corrected chi connectivity index (χ2v) is 12.4. The number of hydrogen-bond acceptors (Lipinski definition) is 6. The number of rotatable bonds is 5. The van der Waals surface area contributed by atoms with Crippen molar-refractivity contribution in [2.24, 2.45) is 0 Å². The zero-order chi connectivity index (χ0) is 35.6. The summed E-state index contributed by atoms with van der Waals surface area (Å²) in [6.07, 6.45) is 19.4. The maximum Gasteiger partial charge on any atom is 0.269 e. The van der Waals surface area contributed by atoms with Crippen LogP contribution in [0.15, 0.2) is 118 Å². The highest BCUT2D eigenvalue weighted by Gasteiger charge is 2.24. The van der Waals surface area contributed by atoms with Gasteiger partial charge in [0.2, 0.25) is 0 Å². The Morgan fingerprint density at radius 2 is 1.22 bits per heavy atom. The number of ether oxygens (including phenoxy) is 2. The second kappa shape index (κ2) is 16.1. The summed E-state index contributed by atoms with van der Waals surface area (Å²) in [6.45, 7) is 20.2. The minimum Gasteiger partial charge on any atom is -0.462 e. The predicted octanol–water partition coefficient (Wildman–Crippen LogP) is 9.19. The molecule has 2 aromatic carbocycles. The molecule has 0 atom stereocenters. The zero-order valence-electron chi connectivity index (χ0n) is 28.8. The number of aryl methyl sites for hydroxylation is 2. The minimum atomic E-state index is 0.0638. The molecule has 0 saturated carbocycles. The summed E-state index contributed by atoms with van der Waals surface area (Å²) in [5.41, 5.74) is 9.06. The van der Waals surface area contributed by atoms with Crippen LogP contribution in [0.3, 0.4) is 0 Å². The molecular formula is C42H38N6O2. The van der Waals surface area contributed by atoms with Gasteiger partial charge in [0.25, 0.3) is 11.4 Å². The van der Waals surface area contributed by atoms with Gasteiger partial charge in [-0.1, -0.05) is 24.3 Å². The van der Waals surface area contributed by atoms with Crippen molar-refractivity contribution in [3.63, 3.8) is 0 Å². The molecule has 0 aromatic heterocycles. The summed E-state index contributed by atoms with van der Waals surface area (Å²) in [7, 11) is 4.00. The fourth-order valence-electron chi connectivity index (χ4n) is 6.23. The van der Waals surface area contributed by atoms with E-state index in [0.717, 1.165) is 24.1 Å². The van der Waals surface area contributed by atoms with Gasteiger partial charge in [0.1, 0.15) is 23.0 Å². The Balaban J connectivity index is 0.000000197. The molecule has 4 aliphatic heterocycles. The highest BCUT2D eigenvalue weighted by molar-refractivity contribution is 5.68. The van der Waals surface area contributed by atoms with Gasteiger partial charge in [-0.15, -0.1) is 0 Å². The van der Waals surface area contributed by atoms with Gasteiger partial charge in [-0.05, 0) is 134 Å².